The van der Waals surface area contributed by atoms with E-state index >= 15 is 0 Å². The molecular formula is C18H18F3NO4. The quantitative estimate of drug-likeness (QED) is 0.701. The Kier molecular flexibility index (Phi) is 6.71. The maximum Gasteiger partial charge on any atom is 0.573 e. The normalized spacial score (nSPS) is 10.9. The zero-order valence-electron chi connectivity index (χ0n) is 14.0. The van der Waals surface area contributed by atoms with Crippen LogP contribution in [0.1, 0.15) is 12.8 Å². The molecule has 0 aliphatic carbocycles. The molecule has 2 aromatic rings. The number of nitrogens with one attached hydrogen (secondary N) is 1. The first-order valence-electron chi connectivity index (χ1n) is 7.78. The van der Waals surface area contributed by atoms with E-state index in [1.165, 1.54) is 12.1 Å². The van der Waals surface area contributed by atoms with E-state index in [1.54, 1.807) is 31.4 Å². The molecule has 0 unspecified atom stereocenters. The number of benzene rings is 2. The number of alkyl halides is 3. The summed E-state index contributed by atoms with van der Waals surface area (Å²) in [5.74, 6) is 0.797. The summed E-state index contributed by atoms with van der Waals surface area (Å²) in [5.41, 5.74) is 0.389. The number of hydrogen-bond donors (Lipinski definition) is 1. The Morgan fingerprint density at radius 2 is 1.54 bits per heavy atom. The van der Waals surface area contributed by atoms with Crippen LogP contribution in [0.3, 0.4) is 0 Å². The van der Waals surface area contributed by atoms with Crippen LogP contribution in [-0.2, 0) is 4.79 Å². The summed E-state index contributed by atoms with van der Waals surface area (Å²) in [4.78, 5) is 11.8. The van der Waals surface area contributed by atoms with E-state index in [2.05, 4.69) is 10.1 Å². The Bertz CT molecular complexity index is 700. The van der Waals surface area contributed by atoms with Gasteiger partial charge in [-0.05, 0) is 55.0 Å². The zero-order valence-corrected chi connectivity index (χ0v) is 14.0. The van der Waals surface area contributed by atoms with Crippen molar-refractivity contribution in [3.63, 3.8) is 0 Å². The monoisotopic (exact) mass is 369 g/mol. The maximum absolute atomic E-state index is 12.1. The number of rotatable bonds is 8. The van der Waals surface area contributed by atoms with Crippen LogP contribution in [0.5, 0.6) is 17.2 Å². The third kappa shape index (κ3) is 6.92. The highest BCUT2D eigenvalue weighted by molar-refractivity contribution is 5.90. The van der Waals surface area contributed by atoms with E-state index in [-0.39, 0.29) is 18.1 Å². The molecule has 0 fully saturated rings. The van der Waals surface area contributed by atoms with E-state index in [1.807, 2.05) is 0 Å². The highest BCUT2D eigenvalue weighted by atomic mass is 19.4. The minimum Gasteiger partial charge on any atom is -0.497 e. The van der Waals surface area contributed by atoms with Crippen LogP contribution >= 0.6 is 0 Å². The van der Waals surface area contributed by atoms with E-state index in [9.17, 15) is 18.0 Å². The fourth-order valence-electron chi connectivity index (χ4n) is 2.06. The van der Waals surface area contributed by atoms with Crippen molar-refractivity contribution in [3.05, 3.63) is 48.5 Å². The molecule has 0 aromatic heterocycles. The van der Waals surface area contributed by atoms with Gasteiger partial charge in [-0.25, -0.2) is 0 Å². The highest BCUT2D eigenvalue weighted by Crippen LogP contribution is 2.24. The van der Waals surface area contributed by atoms with Crippen molar-refractivity contribution in [2.45, 2.75) is 19.2 Å². The van der Waals surface area contributed by atoms with Crippen molar-refractivity contribution in [1.29, 1.82) is 0 Å². The molecule has 0 atom stereocenters. The van der Waals surface area contributed by atoms with Crippen molar-refractivity contribution >= 4 is 11.6 Å². The molecule has 26 heavy (non-hydrogen) atoms. The molecule has 1 amide bonds. The number of anilines is 1. The maximum atomic E-state index is 12.1. The predicted molar refractivity (Wildman–Crippen MR) is 89.5 cm³/mol. The van der Waals surface area contributed by atoms with Gasteiger partial charge < -0.3 is 19.5 Å². The summed E-state index contributed by atoms with van der Waals surface area (Å²) in [6, 6.07) is 12.0. The summed E-state index contributed by atoms with van der Waals surface area (Å²) in [6.07, 6.45) is -4.03. The predicted octanol–water partition coefficient (Wildman–Crippen LogP) is 4.39. The third-order valence-corrected chi connectivity index (χ3v) is 3.25. The Hall–Kier alpha value is -2.90. The van der Waals surface area contributed by atoms with Crippen LogP contribution in [0.2, 0.25) is 0 Å². The van der Waals surface area contributed by atoms with E-state index in [0.717, 1.165) is 17.9 Å². The molecule has 0 heterocycles. The second kappa shape index (κ2) is 8.98. The Balaban J connectivity index is 1.69. The molecule has 0 saturated heterocycles. The second-order valence-electron chi connectivity index (χ2n) is 5.25. The third-order valence-electron chi connectivity index (χ3n) is 3.25. The van der Waals surface area contributed by atoms with Crippen molar-refractivity contribution < 1.29 is 32.2 Å². The number of methoxy groups -OCH3 is 1. The summed E-state index contributed by atoms with van der Waals surface area (Å²) in [5, 5.41) is 2.60. The van der Waals surface area contributed by atoms with Crippen molar-refractivity contribution in [2.24, 2.45) is 0 Å². The van der Waals surface area contributed by atoms with Crippen LogP contribution in [0.15, 0.2) is 48.5 Å². The number of amides is 1. The molecule has 0 radical (unpaired) electrons. The highest BCUT2D eigenvalue weighted by Gasteiger charge is 2.30. The van der Waals surface area contributed by atoms with Gasteiger partial charge in [0.2, 0.25) is 5.91 Å². The molecule has 0 spiro atoms. The number of carbonyl (C=O) groups is 1. The average molecular weight is 369 g/mol. The van der Waals surface area contributed by atoms with Gasteiger partial charge in [0, 0.05) is 12.1 Å². The lowest BCUT2D eigenvalue weighted by Gasteiger charge is -2.10. The van der Waals surface area contributed by atoms with E-state index in [0.29, 0.717) is 24.5 Å². The fraction of sp³-hybridized carbons (Fsp3) is 0.278. The second-order valence-corrected chi connectivity index (χ2v) is 5.25. The molecule has 2 aromatic carbocycles. The molecule has 140 valence electrons. The smallest absolute Gasteiger partial charge is 0.497 e. The Morgan fingerprint density at radius 3 is 2.12 bits per heavy atom. The van der Waals surface area contributed by atoms with Crippen LogP contribution in [0.4, 0.5) is 18.9 Å². The standard InChI is InChI=1S/C18H18F3NO4/c1-24-14-8-10-15(11-9-14)25-12-2-3-17(23)22-13-4-6-16(7-5-13)26-18(19,20)21/h4-11H,2-3,12H2,1H3,(H,22,23). The van der Waals surface area contributed by atoms with Crippen molar-refractivity contribution in [2.75, 3.05) is 19.0 Å². The van der Waals surface area contributed by atoms with Crippen molar-refractivity contribution in [3.8, 4) is 17.2 Å². The molecule has 2 rings (SSSR count). The van der Waals surface area contributed by atoms with Gasteiger partial charge in [-0.1, -0.05) is 0 Å². The van der Waals surface area contributed by atoms with Gasteiger partial charge in [0.25, 0.3) is 0 Å². The number of hydrogen-bond acceptors (Lipinski definition) is 4. The SMILES string of the molecule is COc1ccc(OCCCC(=O)Nc2ccc(OC(F)(F)F)cc2)cc1. The molecule has 8 heteroatoms. The molecule has 0 saturated carbocycles. The minimum absolute atomic E-state index is 0.219. The first kappa shape index (κ1) is 19.4. The molecule has 5 nitrogen and oxygen atoms in total. The summed E-state index contributed by atoms with van der Waals surface area (Å²) in [6.45, 7) is 0.359. The molecule has 0 bridgehead atoms. The van der Waals surface area contributed by atoms with Gasteiger partial charge in [-0.3, -0.25) is 4.79 Å². The summed E-state index contributed by atoms with van der Waals surface area (Å²) in [7, 11) is 1.57. The van der Waals surface area contributed by atoms with Gasteiger partial charge in [0.15, 0.2) is 0 Å². The van der Waals surface area contributed by atoms with E-state index < -0.39 is 6.36 Å². The summed E-state index contributed by atoms with van der Waals surface area (Å²) >= 11 is 0. The number of carbonyl (C=O) groups excluding carboxylic acids is 1. The molecular weight excluding hydrogens is 351 g/mol. The Morgan fingerprint density at radius 1 is 0.962 bits per heavy atom. The lowest BCUT2D eigenvalue weighted by Crippen LogP contribution is -2.17. The average Bonchev–Trinajstić information content (AvgIpc) is 2.60. The van der Waals surface area contributed by atoms with Crippen LogP contribution in [-0.4, -0.2) is 26.0 Å². The van der Waals surface area contributed by atoms with Crippen molar-refractivity contribution in [1.82, 2.24) is 0 Å². The van der Waals surface area contributed by atoms with Crippen LogP contribution < -0.4 is 19.5 Å². The van der Waals surface area contributed by atoms with Gasteiger partial charge in [-0.15, -0.1) is 13.2 Å². The van der Waals surface area contributed by atoms with Gasteiger partial charge >= 0.3 is 6.36 Å². The largest absolute Gasteiger partial charge is 0.573 e. The lowest BCUT2D eigenvalue weighted by molar-refractivity contribution is -0.274. The Labute approximate surface area is 148 Å². The fourth-order valence-corrected chi connectivity index (χ4v) is 2.06. The lowest BCUT2D eigenvalue weighted by atomic mass is 10.2. The zero-order chi connectivity index (χ0) is 19.0. The number of halogens is 3. The van der Waals surface area contributed by atoms with Crippen LogP contribution in [0, 0.1) is 0 Å². The van der Waals surface area contributed by atoms with E-state index in [4.69, 9.17) is 9.47 Å². The topological polar surface area (TPSA) is 56.8 Å². The number of ether oxygens (including phenoxy) is 3. The van der Waals surface area contributed by atoms with Gasteiger partial charge in [0.05, 0.1) is 13.7 Å². The summed E-state index contributed by atoms with van der Waals surface area (Å²) < 4.78 is 50.5. The molecule has 0 aliphatic heterocycles. The first-order valence-corrected chi connectivity index (χ1v) is 7.78. The minimum atomic E-state index is -4.74. The first-order chi connectivity index (χ1) is 12.4. The molecule has 0 aliphatic rings. The van der Waals surface area contributed by atoms with Gasteiger partial charge in [-0.2, -0.15) is 0 Å². The van der Waals surface area contributed by atoms with Crippen LogP contribution in [0.25, 0.3) is 0 Å². The molecule has 1 N–H and O–H groups in total. The van der Waals surface area contributed by atoms with Gasteiger partial charge in [0.1, 0.15) is 17.2 Å².